The maximum Gasteiger partial charge on any atom is 0.263 e. The second-order valence-corrected chi connectivity index (χ2v) is 7.53. The van der Waals surface area contributed by atoms with Crippen LogP contribution >= 0.6 is 22.7 Å². The predicted molar refractivity (Wildman–Crippen MR) is 83.5 cm³/mol. The van der Waals surface area contributed by atoms with Crippen molar-refractivity contribution < 1.29 is 4.79 Å². The lowest BCUT2D eigenvalue weighted by Gasteiger charge is -2.15. The van der Waals surface area contributed by atoms with Gasteiger partial charge in [-0.25, -0.2) is 9.97 Å². The van der Waals surface area contributed by atoms with Gasteiger partial charge in [0, 0.05) is 10.8 Å². The Kier molecular flexibility index (Phi) is 4.25. The van der Waals surface area contributed by atoms with Gasteiger partial charge in [0.15, 0.2) is 0 Å². The third-order valence-corrected chi connectivity index (χ3v) is 4.91. The number of carbonyl (C=O) groups is 1. The zero-order valence-electron chi connectivity index (χ0n) is 12.4. The van der Waals surface area contributed by atoms with Crippen LogP contribution in [0.5, 0.6) is 0 Å². The lowest BCUT2D eigenvalue weighted by atomic mass is 9.93. The van der Waals surface area contributed by atoms with Crippen LogP contribution in [0.4, 0.5) is 0 Å². The van der Waals surface area contributed by atoms with Gasteiger partial charge in [0.05, 0.1) is 22.9 Å². The molecule has 0 unspecified atom stereocenters. The number of amides is 1. The Balaban J connectivity index is 2.09. The maximum atomic E-state index is 12.2. The molecule has 2 rings (SSSR count). The molecule has 4 nitrogen and oxygen atoms in total. The van der Waals surface area contributed by atoms with Crippen molar-refractivity contribution in [3.8, 4) is 0 Å². The Morgan fingerprint density at radius 2 is 2.05 bits per heavy atom. The Bertz CT molecular complexity index is 610. The van der Waals surface area contributed by atoms with Gasteiger partial charge < -0.3 is 5.32 Å². The topological polar surface area (TPSA) is 54.9 Å². The largest absolute Gasteiger partial charge is 0.342 e. The molecule has 1 amide bonds. The van der Waals surface area contributed by atoms with Crippen molar-refractivity contribution in [1.82, 2.24) is 15.3 Å². The van der Waals surface area contributed by atoms with E-state index in [-0.39, 0.29) is 17.4 Å². The molecule has 0 saturated heterocycles. The van der Waals surface area contributed by atoms with Gasteiger partial charge in [0.1, 0.15) is 9.88 Å². The summed E-state index contributed by atoms with van der Waals surface area (Å²) in [5.41, 5.74) is 3.56. The summed E-state index contributed by atoms with van der Waals surface area (Å²) in [4.78, 5) is 21.5. The van der Waals surface area contributed by atoms with Crippen molar-refractivity contribution in [2.45, 2.75) is 46.1 Å². The summed E-state index contributed by atoms with van der Waals surface area (Å²) >= 11 is 2.95. The molecular formula is C14H19N3OS2. The molecule has 0 aliphatic rings. The molecule has 0 aliphatic carbocycles. The second kappa shape index (κ2) is 5.61. The quantitative estimate of drug-likeness (QED) is 0.940. The van der Waals surface area contributed by atoms with Crippen LogP contribution in [0.1, 0.15) is 59.8 Å². The number of nitrogens with one attached hydrogen (secondary N) is 1. The molecule has 0 radical (unpaired) electrons. The van der Waals surface area contributed by atoms with Gasteiger partial charge in [0.2, 0.25) is 0 Å². The predicted octanol–water partition coefficient (Wildman–Crippen LogP) is 3.70. The van der Waals surface area contributed by atoms with Crippen LogP contribution in [-0.4, -0.2) is 15.9 Å². The third kappa shape index (κ3) is 3.24. The molecule has 2 aromatic rings. The molecule has 0 aliphatic heterocycles. The number of hydrogen-bond acceptors (Lipinski definition) is 5. The van der Waals surface area contributed by atoms with E-state index in [1.54, 1.807) is 16.8 Å². The molecule has 0 saturated carbocycles. The monoisotopic (exact) mass is 309 g/mol. The van der Waals surface area contributed by atoms with Crippen LogP contribution < -0.4 is 5.32 Å². The highest BCUT2D eigenvalue weighted by atomic mass is 32.1. The Morgan fingerprint density at radius 3 is 2.55 bits per heavy atom. The standard InChI is InChI=1S/C14H19N3OS2/c1-8-11(20-7-15-8)12(18)16-9(2)13-17-10(6-19-13)14(3,4)5/h6-7,9H,1-5H3,(H,16,18)/t9-/m0/s1. The van der Waals surface area contributed by atoms with Crippen LogP contribution in [0.2, 0.25) is 0 Å². The summed E-state index contributed by atoms with van der Waals surface area (Å²) in [5, 5.41) is 5.98. The lowest BCUT2D eigenvalue weighted by Crippen LogP contribution is -2.26. The van der Waals surface area contributed by atoms with Crippen molar-refractivity contribution in [2.24, 2.45) is 0 Å². The molecule has 0 fully saturated rings. The highest BCUT2D eigenvalue weighted by Crippen LogP contribution is 2.27. The average Bonchev–Trinajstić information content (AvgIpc) is 2.95. The van der Waals surface area contributed by atoms with E-state index < -0.39 is 0 Å². The molecule has 2 aromatic heterocycles. The first-order chi connectivity index (χ1) is 9.29. The maximum absolute atomic E-state index is 12.2. The Labute approximate surface area is 127 Å². The van der Waals surface area contributed by atoms with E-state index in [1.165, 1.54) is 11.3 Å². The minimum Gasteiger partial charge on any atom is -0.342 e. The number of aromatic nitrogens is 2. The van der Waals surface area contributed by atoms with E-state index in [0.717, 1.165) is 16.4 Å². The van der Waals surface area contributed by atoms with Crippen LogP contribution in [0.15, 0.2) is 10.9 Å². The first-order valence-electron chi connectivity index (χ1n) is 6.46. The summed E-state index contributed by atoms with van der Waals surface area (Å²) in [6.07, 6.45) is 0. The average molecular weight is 309 g/mol. The number of aryl methyl sites for hydroxylation is 1. The SMILES string of the molecule is Cc1ncsc1C(=O)N[C@@H](C)c1nc(C(C)(C)C)cs1. The van der Waals surface area contributed by atoms with Crippen LogP contribution in [0, 0.1) is 6.92 Å². The van der Waals surface area contributed by atoms with Crippen molar-refractivity contribution >= 4 is 28.6 Å². The summed E-state index contributed by atoms with van der Waals surface area (Å²) in [5.74, 6) is -0.0787. The molecule has 1 N–H and O–H groups in total. The highest BCUT2D eigenvalue weighted by molar-refractivity contribution is 7.12. The minimum atomic E-state index is -0.0925. The van der Waals surface area contributed by atoms with Gasteiger partial charge in [-0.05, 0) is 13.8 Å². The van der Waals surface area contributed by atoms with Gasteiger partial charge in [0.25, 0.3) is 5.91 Å². The summed E-state index contributed by atoms with van der Waals surface area (Å²) < 4.78 is 0. The zero-order valence-corrected chi connectivity index (χ0v) is 14.0. The summed E-state index contributed by atoms with van der Waals surface area (Å²) in [6, 6.07) is -0.0925. The molecule has 20 heavy (non-hydrogen) atoms. The highest BCUT2D eigenvalue weighted by Gasteiger charge is 2.21. The normalized spacial score (nSPS) is 13.2. The van der Waals surface area contributed by atoms with E-state index >= 15 is 0 Å². The number of rotatable bonds is 3. The molecule has 6 heteroatoms. The zero-order chi connectivity index (χ0) is 14.9. The Hall–Kier alpha value is -1.27. The molecule has 1 atom stereocenters. The van der Waals surface area contributed by atoms with Gasteiger partial charge in [-0.3, -0.25) is 4.79 Å². The molecule has 0 bridgehead atoms. The molecule has 0 aromatic carbocycles. The van der Waals surface area contributed by atoms with Crippen molar-refractivity contribution in [1.29, 1.82) is 0 Å². The van der Waals surface area contributed by atoms with Gasteiger partial charge in [-0.15, -0.1) is 22.7 Å². The fourth-order valence-corrected chi connectivity index (χ4v) is 3.43. The van der Waals surface area contributed by atoms with Crippen molar-refractivity contribution in [2.75, 3.05) is 0 Å². The minimum absolute atomic E-state index is 0.0345. The fraction of sp³-hybridized carbons (Fsp3) is 0.500. The second-order valence-electron chi connectivity index (χ2n) is 5.78. The molecule has 108 valence electrons. The van der Waals surface area contributed by atoms with Gasteiger partial charge in [-0.1, -0.05) is 20.8 Å². The molecule has 2 heterocycles. The van der Waals surface area contributed by atoms with Crippen LogP contribution in [0.3, 0.4) is 0 Å². The summed E-state index contributed by atoms with van der Waals surface area (Å²) in [6.45, 7) is 10.2. The fourth-order valence-electron chi connectivity index (χ4n) is 1.67. The first kappa shape index (κ1) is 15.1. The number of thiazole rings is 2. The van der Waals surface area contributed by atoms with E-state index in [1.807, 2.05) is 13.8 Å². The number of nitrogens with zero attached hydrogens (tertiary/aromatic N) is 2. The van der Waals surface area contributed by atoms with Crippen molar-refractivity contribution in [3.63, 3.8) is 0 Å². The van der Waals surface area contributed by atoms with E-state index in [9.17, 15) is 4.79 Å². The molecule has 0 spiro atoms. The van der Waals surface area contributed by atoms with Crippen LogP contribution in [-0.2, 0) is 5.41 Å². The molecular weight excluding hydrogens is 290 g/mol. The van der Waals surface area contributed by atoms with Crippen molar-refractivity contribution in [3.05, 3.63) is 32.2 Å². The van der Waals surface area contributed by atoms with Gasteiger partial charge in [-0.2, -0.15) is 0 Å². The Morgan fingerprint density at radius 1 is 1.35 bits per heavy atom. The van der Waals surface area contributed by atoms with E-state index in [2.05, 4.69) is 41.4 Å². The van der Waals surface area contributed by atoms with Gasteiger partial charge >= 0.3 is 0 Å². The number of carbonyl (C=O) groups excluding carboxylic acids is 1. The lowest BCUT2D eigenvalue weighted by molar-refractivity contribution is 0.0943. The number of hydrogen-bond donors (Lipinski definition) is 1. The van der Waals surface area contributed by atoms with E-state index in [4.69, 9.17) is 0 Å². The smallest absolute Gasteiger partial charge is 0.263 e. The van der Waals surface area contributed by atoms with E-state index in [0.29, 0.717) is 4.88 Å². The first-order valence-corrected chi connectivity index (χ1v) is 8.22. The summed E-state index contributed by atoms with van der Waals surface area (Å²) in [7, 11) is 0. The third-order valence-electron chi connectivity index (χ3n) is 2.96. The van der Waals surface area contributed by atoms with Crippen LogP contribution in [0.25, 0.3) is 0 Å².